The zero-order chi connectivity index (χ0) is 24.6. The molecule has 1 fully saturated rings. The number of rotatable bonds is 4. The van der Waals surface area contributed by atoms with Crippen LogP contribution in [0.4, 0.5) is 13.2 Å². The number of aromatic amines is 2. The van der Waals surface area contributed by atoms with E-state index in [0.29, 0.717) is 36.7 Å². The molecule has 0 unspecified atom stereocenters. The van der Waals surface area contributed by atoms with E-state index in [9.17, 15) is 22.8 Å². The summed E-state index contributed by atoms with van der Waals surface area (Å²) in [7, 11) is 0. The highest BCUT2D eigenvalue weighted by atomic mass is 35.5. The summed E-state index contributed by atoms with van der Waals surface area (Å²) in [4.78, 5) is 33.6. The lowest BCUT2D eigenvalue weighted by atomic mass is 9.96. The molecule has 0 spiro atoms. The largest absolute Gasteiger partial charge is 0.391 e. The number of halogens is 4. The van der Waals surface area contributed by atoms with Crippen LogP contribution < -0.4 is 10.9 Å². The standard InChI is InChI=1S/C25H25ClF3N3O2/c1-14-22(24(34)23(26)15(2)31-14)19-12-30-20(11-21(19)33)17-5-3-16(4-6-17)13-32-9-7-18(8-10-32)25(27,28)29/h3-6,11-12,18H,7-10,13H2,1-2H3,(H,30,33)(H,31,34). The van der Waals surface area contributed by atoms with Crippen molar-refractivity contribution >= 4 is 11.6 Å². The number of pyridine rings is 2. The Labute approximate surface area is 199 Å². The Bertz CT molecular complexity index is 1300. The molecule has 1 aromatic carbocycles. The molecule has 0 radical (unpaired) electrons. The summed E-state index contributed by atoms with van der Waals surface area (Å²) in [6.07, 6.45) is -2.34. The van der Waals surface area contributed by atoms with Gasteiger partial charge in [0, 0.05) is 35.9 Å². The molecule has 3 heterocycles. The van der Waals surface area contributed by atoms with Crippen LogP contribution in [0.3, 0.4) is 0 Å². The van der Waals surface area contributed by atoms with Crippen LogP contribution in [-0.2, 0) is 6.54 Å². The molecule has 34 heavy (non-hydrogen) atoms. The van der Waals surface area contributed by atoms with Crippen LogP contribution in [0.5, 0.6) is 0 Å². The lowest BCUT2D eigenvalue weighted by molar-refractivity contribution is -0.185. The summed E-state index contributed by atoms with van der Waals surface area (Å²) >= 11 is 6.09. The van der Waals surface area contributed by atoms with Gasteiger partial charge in [-0.2, -0.15) is 13.2 Å². The van der Waals surface area contributed by atoms with Crippen LogP contribution in [0.15, 0.2) is 46.1 Å². The normalized spacial score (nSPS) is 15.6. The minimum Gasteiger partial charge on any atom is -0.361 e. The first kappa shape index (κ1) is 24.3. The fourth-order valence-corrected chi connectivity index (χ4v) is 4.61. The van der Waals surface area contributed by atoms with Crippen LogP contribution in [0, 0.1) is 19.8 Å². The van der Waals surface area contributed by atoms with Crippen LogP contribution in [0.25, 0.3) is 22.4 Å². The zero-order valence-corrected chi connectivity index (χ0v) is 19.6. The van der Waals surface area contributed by atoms with E-state index in [1.165, 1.54) is 12.3 Å². The molecule has 2 aromatic heterocycles. The Hall–Kier alpha value is -2.84. The van der Waals surface area contributed by atoms with E-state index in [2.05, 4.69) is 9.97 Å². The average molecular weight is 492 g/mol. The highest BCUT2D eigenvalue weighted by Crippen LogP contribution is 2.34. The molecule has 2 N–H and O–H groups in total. The first-order valence-corrected chi connectivity index (χ1v) is 11.4. The number of benzene rings is 1. The topological polar surface area (TPSA) is 69.0 Å². The zero-order valence-electron chi connectivity index (χ0n) is 18.9. The molecule has 9 heteroatoms. The molecule has 0 atom stereocenters. The van der Waals surface area contributed by atoms with Gasteiger partial charge >= 0.3 is 6.18 Å². The number of aryl methyl sites for hydroxylation is 2. The quantitative estimate of drug-likeness (QED) is 0.510. The van der Waals surface area contributed by atoms with Gasteiger partial charge in [-0.3, -0.25) is 14.5 Å². The first-order chi connectivity index (χ1) is 16.0. The van der Waals surface area contributed by atoms with Crippen molar-refractivity contribution in [1.29, 1.82) is 0 Å². The van der Waals surface area contributed by atoms with Gasteiger partial charge in [0.15, 0.2) is 5.43 Å². The number of piperidine rings is 1. The lowest BCUT2D eigenvalue weighted by Gasteiger charge is -2.32. The highest BCUT2D eigenvalue weighted by molar-refractivity contribution is 6.31. The number of alkyl halides is 3. The fraction of sp³-hybridized carbons (Fsp3) is 0.360. The molecule has 3 aromatic rings. The predicted molar refractivity (Wildman–Crippen MR) is 127 cm³/mol. The lowest BCUT2D eigenvalue weighted by Crippen LogP contribution is -2.38. The molecule has 0 aliphatic carbocycles. The third kappa shape index (κ3) is 4.98. The molecule has 5 nitrogen and oxygen atoms in total. The molecule has 1 saturated heterocycles. The molecule has 180 valence electrons. The number of hydrogen-bond acceptors (Lipinski definition) is 3. The number of H-pyrrole nitrogens is 2. The monoisotopic (exact) mass is 491 g/mol. The van der Waals surface area contributed by atoms with Gasteiger partial charge in [0.25, 0.3) is 0 Å². The molecule has 1 aliphatic heterocycles. The van der Waals surface area contributed by atoms with Crippen LogP contribution >= 0.6 is 11.6 Å². The van der Waals surface area contributed by atoms with E-state index in [4.69, 9.17) is 11.6 Å². The molecule has 1 aliphatic rings. The molecular formula is C25H25ClF3N3O2. The van der Waals surface area contributed by atoms with Crippen LogP contribution in [-0.4, -0.2) is 34.1 Å². The van der Waals surface area contributed by atoms with E-state index < -0.39 is 17.5 Å². The van der Waals surface area contributed by atoms with E-state index in [1.54, 1.807) is 13.8 Å². The summed E-state index contributed by atoms with van der Waals surface area (Å²) in [6, 6.07) is 8.99. The fourth-order valence-electron chi connectivity index (χ4n) is 4.47. The molecular weight excluding hydrogens is 467 g/mol. The van der Waals surface area contributed by atoms with Crippen molar-refractivity contribution in [2.75, 3.05) is 13.1 Å². The minimum atomic E-state index is -4.11. The summed E-state index contributed by atoms with van der Waals surface area (Å²) < 4.78 is 38.6. The van der Waals surface area contributed by atoms with Crippen molar-refractivity contribution in [2.45, 2.75) is 39.4 Å². The van der Waals surface area contributed by atoms with Gasteiger partial charge in [-0.05, 0) is 50.9 Å². The first-order valence-electron chi connectivity index (χ1n) is 11.0. The van der Waals surface area contributed by atoms with Crippen molar-refractivity contribution < 1.29 is 13.2 Å². The summed E-state index contributed by atoms with van der Waals surface area (Å²) in [5, 5.41) is 0.0577. The van der Waals surface area contributed by atoms with Gasteiger partial charge in [-0.25, -0.2) is 0 Å². The highest BCUT2D eigenvalue weighted by Gasteiger charge is 2.40. The van der Waals surface area contributed by atoms with E-state index >= 15 is 0 Å². The molecule has 4 rings (SSSR count). The van der Waals surface area contributed by atoms with Crippen molar-refractivity contribution in [1.82, 2.24) is 14.9 Å². The van der Waals surface area contributed by atoms with E-state index in [1.807, 2.05) is 29.2 Å². The summed E-state index contributed by atoms with van der Waals surface area (Å²) in [6.45, 7) is 4.83. The van der Waals surface area contributed by atoms with Gasteiger partial charge in [0.2, 0.25) is 5.43 Å². The Kier molecular flexibility index (Phi) is 6.73. The Morgan fingerprint density at radius 1 is 1.06 bits per heavy atom. The third-order valence-corrected chi connectivity index (χ3v) is 6.86. The number of aromatic nitrogens is 2. The van der Waals surface area contributed by atoms with Gasteiger partial charge in [-0.15, -0.1) is 0 Å². The third-order valence-electron chi connectivity index (χ3n) is 6.41. The Morgan fingerprint density at radius 2 is 1.71 bits per heavy atom. The second-order valence-corrected chi connectivity index (χ2v) is 9.18. The molecule has 0 bridgehead atoms. The molecule has 0 amide bonds. The number of hydrogen-bond donors (Lipinski definition) is 2. The Morgan fingerprint density at radius 3 is 2.29 bits per heavy atom. The minimum absolute atomic E-state index is 0.0577. The number of nitrogens with zero attached hydrogens (tertiary/aromatic N) is 1. The van der Waals surface area contributed by atoms with E-state index in [-0.39, 0.29) is 34.4 Å². The maximum Gasteiger partial charge on any atom is 0.391 e. The average Bonchev–Trinajstić information content (AvgIpc) is 2.79. The van der Waals surface area contributed by atoms with Crippen LogP contribution in [0.1, 0.15) is 29.8 Å². The van der Waals surface area contributed by atoms with E-state index in [0.717, 1.165) is 11.1 Å². The maximum absolute atomic E-state index is 12.9. The van der Waals surface area contributed by atoms with Gasteiger partial charge in [0.05, 0.1) is 17.0 Å². The van der Waals surface area contributed by atoms with Crippen molar-refractivity contribution in [3.63, 3.8) is 0 Å². The SMILES string of the molecule is Cc1[nH]c(C)c(-c2c[nH]c(-c3ccc(CN4CCC(C(F)(F)F)CC4)cc3)cc2=O)c(=O)c1Cl. The summed E-state index contributed by atoms with van der Waals surface area (Å²) in [5.41, 5.74) is 3.27. The number of likely N-dealkylation sites (tertiary alicyclic amines) is 1. The predicted octanol–water partition coefficient (Wildman–Crippen LogP) is 5.44. The maximum atomic E-state index is 12.9. The number of nitrogens with one attached hydrogen (secondary N) is 2. The smallest absolute Gasteiger partial charge is 0.361 e. The van der Waals surface area contributed by atoms with Crippen molar-refractivity contribution in [2.24, 2.45) is 5.92 Å². The van der Waals surface area contributed by atoms with Crippen molar-refractivity contribution in [3.05, 3.63) is 78.9 Å². The van der Waals surface area contributed by atoms with Gasteiger partial charge < -0.3 is 9.97 Å². The Balaban J connectivity index is 1.49. The second kappa shape index (κ2) is 9.43. The summed E-state index contributed by atoms with van der Waals surface area (Å²) in [5.74, 6) is -1.21. The van der Waals surface area contributed by atoms with Gasteiger partial charge in [-0.1, -0.05) is 35.9 Å². The van der Waals surface area contributed by atoms with Crippen LogP contribution in [0.2, 0.25) is 5.02 Å². The van der Waals surface area contributed by atoms with Crippen molar-refractivity contribution in [3.8, 4) is 22.4 Å². The second-order valence-electron chi connectivity index (χ2n) is 8.81. The van der Waals surface area contributed by atoms with Gasteiger partial charge in [0.1, 0.15) is 5.02 Å². The molecule has 0 saturated carbocycles.